The van der Waals surface area contributed by atoms with E-state index in [1.54, 1.807) is 6.92 Å². The average Bonchev–Trinajstić information content (AvgIpc) is 2.33. The molecule has 0 unspecified atom stereocenters. The lowest BCUT2D eigenvalue weighted by atomic mass is 10.1. The van der Waals surface area contributed by atoms with E-state index < -0.39 is 10.4 Å². The van der Waals surface area contributed by atoms with Gasteiger partial charge in [0.1, 0.15) is 5.78 Å². The van der Waals surface area contributed by atoms with Crippen molar-refractivity contribution < 1.29 is 26.7 Å². The van der Waals surface area contributed by atoms with Crippen molar-refractivity contribution in [3.8, 4) is 0 Å². The van der Waals surface area contributed by atoms with Gasteiger partial charge in [-0.25, -0.2) is 4.18 Å². The van der Waals surface area contributed by atoms with Crippen molar-refractivity contribution in [2.75, 3.05) is 19.8 Å². The lowest BCUT2D eigenvalue weighted by Gasteiger charge is -2.04. The van der Waals surface area contributed by atoms with Gasteiger partial charge in [-0.2, -0.15) is 8.42 Å². The van der Waals surface area contributed by atoms with Crippen LogP contribution >= 0.6 is 0 Å². The van der Waals surface area contributed by atoms with Crippen LogP contribution in [0.2, 0.25) is 0 Å². The number of ether oxygens (including phenoxy) is 1. The van der Waals surface area contributed by atoms with Gasteiger partial charge in [0.05, 0.1) is 13.2 Å². The lowest BCUT2D eigenvalue weighted by Crippen LogP contribution is -2.10. The molecule has 0 aliphatic heterocycles. The van der Waals surface area contributed by atoms with Gasteiger partial charge < -0.3 is 9.53 Å². The molecule has 0 amide bonds. The molecular formula is C13H26O6S. The summed E-state index contributed by atoms with van der Waals surface area (Å²) < 4.78 is 38.0. The number of ketones is 1. The third-order valence-corrected chi connectivity index (χ3v) is 3.24. The summed E-state index contributed by atoms with van der Waals surface area (Å²) in [4.78, 5) is 10.7. The van der Waals surface area contributed by atoms with Crippen molar-refractivity contribution in [1.82, 2.24) is 0 Å². The second-order valence-corrected chi connectivity index (χ2v) is 5.88. The molecule has 0 fully saturated rings. The number of hydrogen-bond acceptors (Lipinski definition) is 5. The SMILES string of the molecule is CC(=O)CCCCCCCCCOCCOS(=O)(=O)O. The highest BCUT2D eigenvalue weighted by Gasteiger charge is 2.02. The summed E-state index contributed by atoms with van der Waals surface area (Å²) in [6, 6.07) is 0. The van der Waals surface area contributed by atoms with Gasteiger partial charge in [0, 0.05) is 13.0 Å². The summed E-state index contributed by atoms with van der Waals surface area (Å²) in [6.45, 7) is 2.19. The number of unbranched alkanes of at least 4 members (excludes halogenated alkanes) is 6. The fraction of sp³-hybridized carbons (Fsp3) is 0.923. The van der Waals surface area contributed by atoms with Gasteiger partial charge in [0.2, 0.25) is 0 Å². The molecule has 0 atom stereocenters. The minimum absolute atomic E-state index is 0.158. The molecular weight excluding hydrogens is 284 g/mol. The van der Waals surface area contributed by atoms with Gasteiger partial charge in [0.15, 0.2) is 0 Å². The highest BCUT2D eigenvalue weighted by Crippen LogP contribution is 2.08. The summed E-state index contributed by atoms with van der Waals surface area (Å²) in [5.74, 6) is 0.264. The molecule has 6 nitrogen and oxygen atoms in total. The summed E-state index contributed by atoms with van der Waals surface area (Å²) >= 11 is 0. The van der Waals surface area contributed by atoms with E-state index in [-0.39, 0.29) is 19.0 Å². The second-order valence-electron chi connectivity index (χ2n) is 4.79. The molecule has 1 N–H and O–H groups in total. The Morgan fingerprint density at radius 2 is 1.45 bits per heavy atom. The zero-order chi connectivity index (χ0) is 15.3. The third-order valence-electron chi connectivity index (χ3n) is 2.78. The molecule has 0 bridgehead atoms. The van der Waals surface area contributed by atoms with Gasteiger partial charge in [-0.15, -0.1) is 0 Å². The van der Waals surface area contributed by atoms with Crippen LogP contribution in [0, 0.1) is 0 Å². The molecule has 0 aromatic heterocycles. The molecule has 0 radical (unpaired) electrons. The maximum Gasteiger partial charge on any atom is 0.397 e. The van der Waals surface area contributed by atoms with Crippen molar-refractivity contribution in [2.24, 2.45) is 0 Å². The summed E-state index contributed by atoms with van der Waals surface area (Å²) in [6.07, 6.45) is 8.28. The molecule has 120 valence electrons. The Labute approximate surface area is 121 Å². The molecule has 0 saturated carbocycles. The molecule has 20 heavy (non-hydrogen) atoms. The van der Waals surface area contributed by atoms with E-state index in [0.717, 1.165) is 38.5 Å². The minimum Gasteiger partial charge on any atom is -0.379 e. The van der Waals surface area contributed by atoms with E-state index in [4.69, 9.17) is 9.29 Å². The largest absolute Gasteiger partial charge is 0.397 e. The van der Waals surface area contributed by atoms with Crippen molar-refractivity contribution in [3.63, 3.8) is 0 Å². The Kier molecular flexibility index (Phi) is 12.0. The maximum atomic E-state index is 10.7. The van der Waals surface area contributed by atoms with E-state index in [1.165, 1.54) is 6.42 Å². The maximum absolute atomic E-state index is 10.7. The Morgan fingerprint density at radius 1 is 0.900 bits per heavy atom. The summed E-state index contributed by atoms with van der Waals surface area (Å²) in [5, 5.41) is 0. The standard InChI is InChI=1S/C13H26O6S/c1-13(14)9-7-5-3-2-4-6-8-10-18-11-12-19-20(15,16)17/h2-12H2,1H3,(H,15,16,17). The number of carbonyl (C=O) groups is 1. The van der Waals surface area contributed by atoms with Gasteiger partial charge >= 0.3 is 10.4 Å². The van der Waals surface area contributed by atoms with Crippen molar-refractivity contribution >= 4 is 16.2 Å². The Balaban J connectivity index is 3.08. The van der Waals surface area contributed by atoms with Crippen LogP contribution in [0.1, 0.15) is 58.3 Å². The molecule has 0 aromatic carbocycles. The van der Waals surface area contributed by atoms with Crippen LogP contribution in [-0.2, 0) is 24.1 Å². The number of carbonyl (C=O) groups excluding carboxylic acids is 1. The molecule has 0 aliphatic rings. The number of Topliss-reactive ketones (excluding diaryl/α,β-unsaturated/α-hetero) is 1. The first-order chi connectivity index (χ1) is 9.42. The van der Waals surface area contributed by atoms with Crippen LogP contribution < -0.4 is 0 Å². The fourth-order valence-electron chi connectivity index (χ4n) is 1.76. The lowest BCUT2D eigenvalue weighted by molar-refractivity contribution is -0.117. The smallest absolute Gasteiger partial charge is 0.379 e. The van der Waals surface area contributed by atoms with Crippen LogP contribution in [0.25, 0.3) is 0 Å². The first-order valence-corrected chi connectivity index (χ1v) is 8.47. The van der Waals surface area contributed by atoms with E-state index in [1.807, 2.05) is 0 Å². The molecule has 0 rings (SSSR count). The predicted octanol–water partition coefficient (Wildman–Crippen LogP) is 2.53. The van der Waals surface area contributed by atoms with Crippen LogP contribution in [0.15, 0.2) is 0 Å². The molecule has 0 aromatic rings. The zero-order valence-corrected chi connectivity index (χ0v) is 13.0. The normalized spacial score (nSPS) is 11.7. The van der Waals surface area contributed by atoms with Crippen molar-refractivity contribution in [3.05, 3.63) is 0 Å². The predicted molar refractivity (Wildman–Crippen MR) is 75.9 cm³/mol. The van der Waals surface area contributed by atoms with E-state index in [9.17, 15) is 13.2 Å². The Morgan fingerprint density at radius 3 is 2.00 bits per heavy atom. The van der Waals surface area contributed by atoms with Gasteiger partial charge in [-0.1, -0.05) is 32.1 Å². The summed E-state index contributed by atoms with van der Waals surface area (Å²) in [5.41, 5.74) is 0. The van der Waals surface area contributed by atoms with E-state index >= 15 is 0 Å². The monoisotopic (exact) mass is 310 g/mol. The molecule has 0 heterocycles. The average molecular weight is 310 g/mol. The zero-order valence-electron chi connectivity index (χ0n) is 12.2. The number of hydrogen-bond donors (Lipinski definition) is 1. The van der Waals surface area contributed by atoms with Crippen LogP contribution in [0.3, 0.4) is 0 Å². The van der Waals surface area contributed by atoms with Crippen LogP contribution in [-0.4, -0.2) is 38.6 Å². The summed E-state index contributed by atoms with van der Waals surface area (Å²) in [7, 11) is -4.34. The highest BCUT2D eigenvalue weighted by atomic mass is 32.3. The molecule has 7 heteroatoms. The topological polar surface area (TPSA) is 89.9 Å². The van der Waals surface area contributed by atoms with Crippen LogP contribution in [0.5, 0.6) is 0 Å². The van der Waals surface area contributed by atoms with Gasteiger partial charge in [0.25, 0.3) is 0 Å². The van der Waals surface area contributed by atoms with E-state index in [2.05, 4.69) is 4.18 Å². The van der Waals surface area contributed by atoms with E-state index in [0.29, 0.717) is 13.0 Å². The third kappa shape index (κ3) is 17.5. The second kappa shape index (κ2) is 12.3. The minimum atomic E-state index is -4.34. The van der Waals surface area contributed by atoms with Gasteiger partial charge in [-0.05, 0) is 19.8 Å². The van der Waals surface area contributed by atoms with Crippen molar-refractivity contribution in [2.45, 2.75) is 58.3 Å². The number of rotatable bonds is 14. The Bertz CT molecular complexity index is 339. The fourth-order valence-corrected chi connectivity index (χ4v) is 2.04. The highest BCUT2D eigenvalue weighted by molar-refractivity contribution is 7.80. The first kappa shape index (κ1) is 19.5. The van der Waals surface area contributed by atoms with Crippen LogP contribution in [0.4, 0.5) is 0 Å². The molecule has 0 spiro atoms. The molecule has 0 aliphatic carbocycles. The first-order valence-electron chi connectivity index (χ1n) is 7.11. The van der Waals surface area contributed by atoms with Crippen molar-refractivity contribution in [1.29, 1.82) is 0 Å². The Hall–Kier alpha value is -0.500. The molecule has 0 saturated heterocycles. The van der Waals surface area contributed by atoms with Gasteiger partial charge in [-0.3, -0.25) is 4.55 Å². The quantitative estimate of drug-likeness (QED) is 0.392.